The van der Waals surface area contributed by atoms with Gasteiger partial charge in [0.1, 0.15) is 11.3 Å². The van der Waals surface area contributed by atoms with E-state index in [1.165, 1.54) is 11.1 Å². The van der Waals surface area contributed by atoms with Crippen LogP contribution in [0.3, 0.4) is 0 Å². The number of nitriles is 1. The van der Waals surface area contributed by atoms with Crippen LogP contribution in [0.5, 0.6) is 0 Å². The third kappa shape index (κ3) is 5.14. The maximum absolute atomic E-state index is 16.4. The van der Waals surface area contributed by atoms with Gasteiger partial charge in [-0.3, -0.25) is 4.79 Å². The Morgan fingerprint density at radius 2 is 1.88 bits per heavy atom. The highest BCUT2D eigenvalue weighted by atomic mass is 35.5. The fraction of sp³-hybridized carbons (Fsp3) is 0.300. The highest BCUT2D eigenvalue weighted by Crippen LogP contribution is 2.42. The summed E-state index contributed by atoms with van der Waals surface area (Å²) in [7, 11) is 0. The monoisotopic (exact) mass is 576 g/mol. The van der Waals surface area contributed by atoms with Gasteiger partial charge in [0.05, 0.1) is 27.9 Å². The first kappa shape index (κ1) is 28.2. The maximum atomic E-state index is 16.4. The zero-order chi connectivity index (χ0) is 29.6. The molecule has 9 nitrogen and oxygen atoms in total. The Balaban J connectivity index is 1.57. The Hall–Kier alpha value is -4.33. The summed E-state index contributed by atoms with van der Waals surface area (Å²) in [5.74, 6) is 5.79. The molecule has 0 saturated carbocycles. The number of nitrogens with two attached hydrogens (primary N) is 2. The van der Waals surface area contributed by atoms with E-state index in [1.807, 2.05) is 12.1 Å². The highest BCUT2D eigenvalue weighted by molar-refractivity contribution is 6.35. The molecule has 1 aromatic heterocycles. The number of fused-ring (bicyclic) bond motifs is 2. The summed E-state index contributed by atoms with van der Waals surface area (Å²) < 4.78 is 21.8. The van der Waals surface area contributed by atoms with Crippen LogP contribution in [-0.4, -0.2) is 40.7 Å². The van der Waals surface area contributed by atoms with Crippen molar-refractivity contribution in [2.45, 2.75) is 45.3 Å². The van der Waals surface area contributed by atoms with Gasteiger partial charge in [-0.1, -0.05) is 41.9 Å². The Kier molecular flexibility index (Phi) is 7.28. The number of hydrogen-bond acceptors (Lipinski definition) is 7. The number of piperidine rings is 1. The van der Waals surface area contributed by atoms with Gasteiger partial charge in [0.2, 0.25) is 0 Å². The van der Waals surface area contributed by atoms with E-state index >= 15 is 4.39 Å². The molecule has 0 aliphatic carbocycles. The molecule has 3 aromatic carbocycles. The topological polar surface area (TPSA) is 141 Å². The summed E-state index contributed by atoms with van der Waals surface area (Å²) in [5.41, 5.74) is 5.61. The van der Waals surface area contributed by atoms with Crippen molar-refractivity contribution in [3.8, 4) is 17.2 Å². The van der Waals surface area contributed by atoms with Crippen molar-refractivity contribution >= 4 is 50.7 Å². The van der Waals surface area contributed by atoms with Crippen LogP contribution < -0.4 is 22.1 Å². The molecule has 1 aliphatic heterocycles. The molecular weight excluding hydrogens is 547 g/mol. The van der Waals surface area contributed by atoms with Gasteiger partial charge in [0, 0.05) is 35.5 Å². The van der Waals surface area contributed by atoms with Crippen LogP contribution >= 0.6 is 11.6 Å². The normalized spacial score (nSPS) is 14.3. The number of amides is 1. The van der Waals surface area contributed by atoms with Crippen molar-refractivity contribution in [3.63, 3.8) is 0 Å². The van der Waals surface area contributed by atoms with Crippen LogP contribution in [0, 0.1) is 17.1 Å². The number of H-pyrrole nitrogens is 1. The lowest BCUT2D eigenvalue weighted by atomic mass is 9.93. The average Bonchev–Trinajstić information content (AvgIpc) is 2.93. The number of rotatable bonds is 3. The fourth-order valence-corrected chi connectivity index (χ4v) is 5.66. The van der Waals surface area contributed by atoms with Gasteiger partial charge in [-0.2, -0.15) is 5.26 Å². The Bertz CT molecular complexity index is 1780. The van der Waals surface area contributed by atoms with E-state index < -0.39 is 23.1 Å². The molecule has 11 heteroatoms. The third-order valence-electron chi connectivity index (χ3n) is 7.27. The second-order valence-corrected chi connectivity index (χ2v) is 11.5. The summed E-state index contributed by atoms with van der Waals surface area (Å²) in [6.07, 6.45) is 0.546. The lowest BCUT2D eigenvalue weighted by Gasteiger charge is -2.38. The highest BCUT2D eigenvalue weighted by Gasteiger charge is 2.31. The minimum atomic E-state index is -0.765. The van der Waals surface area contributed by atoms with Gasteiger partial charge < -0.3 is 25.4 Å². The standard InChI is InChI=1S/C30H30ClFN6O3/c1-30(2,3)41-29(40)37-12-10-18(11-13-37)38(35)27-20-14-21(31)23(24(32)26(20)36-28(39)25(27)34)19-9-5-7-16-6-4-8-17(15-33)22(16)19/h4-9,14,18H,10-13,34-35H2,1-3H3,(H,36,39). The van der Waals surface area contributed by atoms with Crippen LogP contribution in [0.2, 0.25) is 5.02 Å². The van der Waals surface area contributed by atoms with Crippen LogP contribution in [0.1, 0.15) is 39.2 Å². The molecule has 41 heavy (non-hydrogen) atoms. The molecule has 0 bridgehead atoms. The molecule has 212 valence electrons. The maximum Gasteiger partial charge on any atom is 0.410 e. The van der Waals surface area contributed by atoms with Gasteiger partial charge in [-0.25, -0.2) is 15.0 Å². The fourth-order valence-electron chi connectivity index (χ4n) is 5.36. The number of benzene rings is 3. The molecule has 1 aliphatic rings. The van der Waals surface area contributed by atoms with Crippen molar-refractivity contribution < 1.29 is 13.9 Å². The number of halogens is 2. The van der Waals surface area contributed by atoms with Gasteiger partial charge in [-0.15, -0.1) is 0 Å². The molecule has 2 heterocycles. The van der Waals surface area contributed by atoms with Crippen LogP contribution in [0.15, 0.2) is 47.3 Å². The van der Waals surface area contributed by atoms with E-state index in [4.69, 9.17) is 27.9 Å². The number of carbonyl (C=O) groups excluding carboxylic acids is 1. The first-order valence-electron chi connectivity index (χ1n) is 13.2. The number of aromatic nitrogens is 1. The van der Waals surface area contributed by atoms with E-state index in [-0.39, 0.29) is 38.9 Å². The number of likely N-dealkylation sites (tertiary alicyclic amines) is 1. The first-order valence-corrected chi connectivity index (χ1v) is 13.6. The second-order valence-electron chi connectivity index (χ2n) is 11.1. The van der Waals surface area contributed by atoms with Crippen molar-refractivity contribution in [1.82, 2.24) is 9.88 Å². The van der Waals surface area contributed by atoms with Crippen LogP contribution in [-0.2, 0) is 4.74 Å². The molecule has 0 spiro atoms. The predicted octanol–water partition coefficient (Wildman–Crippen LogP) is 5.67. The Labute approximate surface area is 241 Å². The molecule has 0 unspecified atom stereocenters. The average molecular weight is 577 g/mol. The number of carbonyl (C=O) groups is 1. The number of ether oxygens (including phenoxy) is 1. The second kappa shape index (κ2) is 10.6. The number of anilines is 2. The summed E-state index contributed by atoms with van der Waals surface area (Å²) in [6.45, 7) is 6.18. The number of nitrogens with zero attached hydrogens (tertiary/aromatic N) is 3. The molecule has 1 fully saturated rings. The molecule has 5 rings (SSSR count). The van der Waals surface area contributed by atoms with E-state index in [1.54, 1.807) is 49.9 Å². The largest absolute Gasteiger partial charge is 0.444 e. The first-order chi connectivity index (χ1) is 19.4. The van der Waals surface area contributed by atoms with Crippen molar-refractivity contribution in [1.29, 1.82) is 5.26 Å². The van der Waals surface area contributed by atoms with E-state index in [9.17, 15) is 14.9 Å². The molecule has 0 radical (unpaired) electrons. The number of hydrazine groups is 1. The zero-order valence-electron chi connectivity index (χ0n) is 22.9. The molecule has 4 aromatic rings. The Morgan fingerprint density at radius 1 is 1.22 bits per heavy atom. The van der Waals surface area contributed by atoms with Crippen LogP contribution in [0.25, 0.3) is 32.8 Å². The summed E-state index contributed by atoms with van der Waals surface area (Å²) in [6, 6.07) is 13.9. The summed E-state index contributed by atoms with van der Waals surface area (Å²) in [4.78, 5) is 29.6. The van der Waals surface area contributed by atoms with Gasteiger partial charge in [-0.05, 0) is 56.7 Å². The van der Waals surface area contributed by atoms with Crippen molar-refractivity contribution in [2.75, 3.05) is 23.8 Å². The number of aromatic amines is 1. The number of nitrogen functional groups attached to an aromatic ring is 1. The van der Waals surface area contributed by atoms with Gasteiger partial charge in [0.15, 0.2) is 5.82 Å². The quantitative estimate of drug-likeness (QED) is 0.210. The lowest BCUT2D eigenvalue weighted by molar-refractivity contribution is 0.0204. The minimum Gasteiger partial charge on any atom is -0.444 e. The van der Waals surface area contributed by atoms with Crippen molar-refractivity contribution in [3.05, 3.63) is 69.2 Å². The molecular formula is C30H30ClFN6O3. The molecule has 1 saturated heterocycles. The minimum absolute atomic E-state index is 0.0491. The lowest BCUT2D eigenvalue weighted by Crippen LogP contribution is -2.51. The zero-order valence-corrected chi connectivity index (χ0v) is 23.7. The number of pyridine rings is 1. The SMILES string of the molecule is CC(C)(C)OC(=O)N1CCC(N(N)c2c(N)c(=O)[nH]c3c(F)c(-c4cccc5cccc(C#N)c45)c(Cl)cc23)CC1. The predicted molar refractivity (Wildman–Crippen MR) is 159 cm³/mol. The summed E-state index contributed by atoms with van der Waals surface area (Å²) >= 11 is 6.73. The van der Waals surface area contributed by atoms with E-state index in [0.29, 0.717) is 42.4 Å². The van der Waals surface area contributed by atoms with Crippen LogP contribution in [0.4, 0.5) is 20.6 Å². The molecule has 1 amide bonds. The third-order valence-corrected chi connectivity index (χ3v) is 7.57. The number of hydrogen-bond donors (Lipinski definition) is 3. The molecule has 0 atom stereocenters. The summed E-state index contributed by atoms with van der Waals surface area (Å²) in [5, 5.41) is 12.7. The number of nitrogens with one attached hydrogen (secondary N) is 1. The van der Waals surface area contributed by atoms with E-state index in [0.717, 1.165) is 5.39 Å². The smallest absolute Gasteiger partial charge is 0.410 e. The Morgan fingerprint density at radius 3 is 2.51 bits per heavy atom. The van der Waals surface area contributed by atoms with E-state index in [2.05, 4.69) is 11.1 Å². The van der Waals surface area contributed by atoms with Gasteiger partial charge >= 0.3 is 6.09 Å². The molecule has 5 N–H and O–H groups in total. The van der Waals surface area contributed by atoms with Crippen molar-refractivity contribution in [2.24, 2.45) is 5.84 Å². The van der Waals surface area contributed by atoms with Gasteiger partial charge in [0.25, 0.3) is 5.56 Å².